The Balaban J connectivity index is 1.75. The van der Waals surface area contributed by atoms with Crippen LogP contribution in [0.2, 0.25) is 0 Å². The van der Waals surface area contributed by atoms with Crippen LogP contribution in [0, 0.1) is 5.92 Å². The first-order valence-corrected chi connectivity index (χ1v) is 9.91. The highest BCUT2D eigenvalue weighted by atomic mass is 32.2. The van der Waals surface area contributed by atoms with Crippen molar-refractivity contribution in [1.29, 1.82) is 0 Å². The summed E-state index contributed by atoms with van der Waals surface area (Å²) in [4.78, 5) is 16.3. The number of hydrogen-bond acceptors (Lipinski definition) is 5. The van der Waals surface area contributed by atoms with Gasteiger partial charge in [-0.15, -0.1) is 0 Å². The van der Waals surface area contributed by atoms with Crippen molar-refractivity contribution in [3.63, 3.8) is 0 Å². The van der Waals surface area contributed by atoms with Gasteiger partial charge >= 0.3 is 6.09 Å². The molecule has 3 rings (SSSR count). The first kappa shape index (κ1) is 16.1. The fourth-order valence-electron chi connectivity index (χ4n) is 3.43. The molecule has 0 radical (unpaired) electrons. The molecule has 22 heavy (non-hydrogen) atoms. The van der Waals surface area contributed by atoms with E-state index in [1.165, 1.54) is 12.8 Å². The monoisotopic (exact) mass is 330 g/mol. The highest BCUT2D eigenvalue weighted by Crippen LogP contribution is 2.34. The zero-order valence-corrected chi connectivity index (χ0v) is 14.4. The van der Waals surface area contributed by atoms with Crippen LogP contribution in [0.1, 0.15) is 33.6 Å². The molecule has 0 aromatic carbocycles. The van der Waals surface area contributed by atoms with Gasteiger partial charge < -0.3 is 9.64 Å². The van der Waals surface area contributed by atoms with Gasteiger partial charge in [0.2, 0.25) is 0 Å². The van der Waals surface area contributed by atoms with E-state index in [1.807, 2.05) is 20.8 Å². The summed E-state index contributed by atoms with van der Waals surface area (Å²) in [5.41, 5.74) is -0.560. The summed E-state index contributed by atoms with van der Waals surface area (Å²) in [7, 11) is -3.08. The second kappa shape index (κ2) is 5.37. The highest BCUT2D eigenvalue weighted by Gasteiger charge is 2.49. The third-order valence-corrected chi connectivity index (χ3v) is 6.31. The Kier molecular flexibility index (Phi) is 3.92. The van der Waals surface area contributed by atoms with Crippen LogP contribution in [-0.4, -0.2) is 73.1 Å². The minimum Gasteiger partial charge on any atom is -0.444 e. The van der Waals surface area contributed by atoms with Gasteiger partial charge in [0.1, 0.15) is 5.60 Å². The second-order valence-corrected chi connectivity index (χ2v) is 9.98. The average Bonchev–Trinajstić information content (AvgIpc) is 3.08. The normalized spacial score (nSPS) is 31.9. The predicted octanol–water partition coefficient (Wildman–Crippen LogP) is 1.11. The predicted molar refractivity (Wildman–Crippen MR) is 83.5 cm³/mol. The molecule has 0 aromatic rings. The number of sulfone groups is 1. The largest absolute Gasteiger partial charge is 0.444 e. The van der Waals surface area contributed by atoms with Crippen LogP contribution in [0.25, 0.3) is 0 Å². The Morgan fingerprint density at radius 1 is 1.14 bits per heavy atom. The van der Waals surface area contributed by atoms with E-state index in [0.29, 0.717) is 6.54 Å². The van der Waals surface area contributed by atoms with Gasteiger partial charge in [0.15, 0.2) is 9.84 Å². The van der Waals surface area contributed by atoms with E-state index in [1.54, 1.807) is 4.90 Å². The van der Waals surface area contributed by atoms with E-state index in [2.05, 4.69) is 4.90 Å². The molecule has 0 spiro atoms. The van der Waals surface area contributed by atoms with Crippen molar-refractivity contribution < 1.29 is 17.9 Å². The zero-order valence-electron chi connectivity index (χ0n) is 13.6. The number of rotatable bonds is 2. The summed E-state index contributed by atoms with van der Waals surface area (Å²) in [6, 6.07) is -0.320. The van der Waals surface area contributed by atoms with Gasteiger partial charge in [-0.25, -0.2) is 13.2 Å². The van der Waals surface area contributed by atoms with Crippen LogP contribution in [0.15, 0.2) is 0 Å². The lowest BCUT2D eigenvalue weighted by Gasteiger charge is -2.44. The SMILES string of the molecule is CC(C)(C)OC(=O)N1CCN(CC2CC2)C2CS(=O)(=O)CC21. The first-order valence-electron chi connectivity index (χ1n) is 8.09. The number of carbonyl (C=O) groups excluding carboxylic acids is 1. The highest BCUT2D eigenvalue weighted by molar-refractivity contribution is 7.91. The van der Waals surface area contributed by atoms with Crippen LogP contribution in [0.3, 0.4) is 0 Å². The van der Waals surface area contributed by atoms with Crippen molar-refractivity contribution >= 4 is 15.9 Å². The van der Waals surface area contributed by atoms with Crippen molar-refractivity contribution in [3.8, 4) is 0 Å². The summed E-state index contributed by atoms with van der Waals surface area (Å²) in [6.07, 6.45) is 2.11. The van der Waals surface area contributed by atoms with Crippen molar-refractivity contribution in [2.45, 2.75) is 51.3 Å². The third-order valence-electron chi connectivity index (χ3n) is 4.61. The van der Waals surface area contributed by atoms with E-state index in [-0.39, 0.29) is 29.7 Å². The molecule has 1 saturated carbocycles. The van der Waals surface area contributed by atoms with E-state index in [4.69, 9.17) is 4.74 Å². The maximum absolute atomic E-state index is 12.4. The quantitative estimate of drug-likeness (QED) is 0.759. The Hall–Kier alpha value is -0.820. The molecule has 0 N–H and O–H groups in total. The van der Waals surface area contributed by atoms with Gasteiger partial charge in [-0.3, -0.25) is 4.90 Å². The van der Waals surface area contributed by atoms with E-state index in [0.717, 1.165) is 19.0 Å². The van der Waals surface area contributed by atoms with Crippen molar-refractivity contribution in [1.82, 2.24) is 9.80 Å². The van der Waals surface area contributed by atoms with Gasteiger partial charge in [0.05, 0.1) is 17.5 Å². The maximum Gasteiger partial charge on any atom is 0.410 e. The standard InChI is InChI=1S/C15H26N2O4S/c1-15(2,3)21-14(18)17-7-6-16(8-11-4-5-11)12-9-22(19,20)10-13(12)17/h11-13H,4-10H2,1-3H3. The van der Waals surface area contributed by atoms with E-state index in [9.17, 15) is 13.2 Å². The Bertz CT molecular complexity index is 550. The number of carbonyl (C=O) groups is 1. The topological polar surface area (TPSA) is 66.9 Å². The Morgan fingerprint density at radius 2 is 1.77 bits per heavy atom. The van der Waals surface area contributed by atoms with Crippen LogP contribution in [0.5, 0.6) is 0 Å². The molecule has 1 amide bonds. The van der Waals surface area contributed by atoms with Gasteiger partial charge in [0.25, 0.3) is 0 Å². The summed E-state index contributed by atoms with van der Waals surface area (Å²) < 4.78 is 29.6. The number of fused-ring (bicyclic) bond motifs is 1. The first-order chi connectivity index (χ1) is 10.1. The van der Waals surface area contributed by atoms with Crippen molar-refractivity contribution in [3.05, 3.63) is 0 Å². The third kappa shape index (κ3) is 3.56. The van der Waals surface area contributed by atoms with Crippen LogP contribution in [0.4, 0.5) is 4.79 Å². The van der Waals surface area contributed by atoms with Crippen LogP contribution in [-0.2, 0) is 14.6 Å². The zero-order chi connectivity index (χ0) is 16.1. The molecule has 3 fully saturated rings. The average molecular weight is 330 g/mol. The molecule has 0 bridgehead atoms. The molecule has 7 heteroatoms. The molecular weight excluding hydrogens is 304 g/mol. The summed E-state index contributed by atoms with van der Waals surface area (Å²) in [5, 5.41) is 0. The Morgan fingerprint density at radius 3 is 2.36 bits per heavy atom. The second-order valence-electron chi connectivity index (χ2n) is 7.82. The van der Waals surface area contributed by atoms with Gasteiger partial charge in [-0.1, -0.05) is 0 Å². The van der Waals surface area contributed by atoms with Gasteiger partial charge in [0, 0.05) is 25.7 Å². The van der Waals surface area contributed by atoms with Crippen molar-refractivity contribution in [2.75, 3.05) is 31.1 Å². The summed E-state index contributed by atoms with van der Waals surface area (Å²) in [5.74, 6) is 0.957. The molecule has 2 saturated heterocycles. The molecule has 2 aliphatic heterocycles. The van der Waals surface area contributed by atoms with Gasteiger partial charge in [-0.05, 0) is 39.5 Å². The fourth-order valence-corrected chi connectivity index (χ4v) is 5.44. The Labute approximate surface area is 132 Å². The fraction of sp³-hybridized carbons (Fsp3) is 0.933. The molecule has 126 valence electrons. The molecule has 2 unspecified atom stereocenters. The minimum atomic E-state index is -3.08. The van der Waals surface area contributed by atoms with Crippen LogP contribution >= 0.6 is 0 Å². The molecule has 1 aliphatic carbocycles. The molecule has 0 aromatic heterocycles. The van der Waals surface area contributed by atoms with E-state index < -0.39 is 15.4 Å². The van der Waals surface area contributed by atoms with Crippen LogP contribution < -0.4 is 0 Å². The number of ether oxygens (including phenoxy) is 1. The number of piperazine rings is 1. The molecule has 2 heterocycles. The molecule has 6 nitrogen and oxygen atoms in total. The van der Waals surface area contributed by atoms with Gasteiger partial charge in [-0.2, -0.15) is 0 Å². The molecular formula is C15H26N2O4S. The lowest BCUT2D eigenvalue weighted by atomic mass is 10.0. The number of amides is 1. The maximum atomic E-state index is 12.4. The summed E-state index contributed by atoms with van der Waals surface area (Å²) >= 11 is 0. The van der Waals surface area contributed by atoms with E-state index >= 15 is 0 Å². The summed E-state index contributed by atoms with van der Waals surface area (Å²) in [6.45, 7) is 7.76. The van der Waals surface area contributed by atoms with Crippen molar-refractivity contribution in [2.24, 2.45) is 5.92 Å². The number of nitrogens with zero attached hydrogens (tertiary/aromatic N) is 2. The number of hydrogen-bond donors (Lipinski definition) is 0. The smallest absolute Gasteiger partial charge is 0.410 e. The lowest BCUT2D eigenvalue weighted by Crippen LogP contribution is -2.61. The minimum absolute atomic E-state index is 0.0631. The molecule has 2 atom stereocenters. The molecule has 3 aliphatic rings. The lowest BCUT2D eigenvalue weighted by molar-refractivity contribution is -0.00968.